The van der Waals surface area contributed by atoms with Crippen LogP contribution in [0.5, 0.6) is 0 Å². The van der Waals surface area contributed by atoms with Crippen molar-refractivity contribution < 1.29 is 0 Å². The average molecular weight is 330 g/mol. The molecule has 0 bridgehead atoms. The van der Waals surface area contributed by atoms with E-state index in [-0.39, 0.29) is 0 Å². The van der Waals surface area contributed by atoms with Gasteiger partial charge in [-0.05, 0) is 50.2 Å². The van der Waals surface area contributed by atoms with Crippen molar-refractivity contribution in [3.8, 4) is 33.4 Å². The number of hydrogen-bond acceptors (Lipinski definition) is 0. The predicted octanol–water partition coefficient (Wildman–Crippen LogP) is 7.28. The average Bonchev–Trinajstić information content (AvgIpc) is 2.99. The normalized spacial score (nSPS) is 11.1. The van der Waals surface area contributed by atoms with Crippen molar-refractivity contribution in [1.29, 1.82) is 0 Å². The first-order valence-electron chi connectivity index (χ1n) is 8.96. The van der Waals surface area contributed by atoms with Gasteiger partial charge in [0.1, 0.15) is 0 Å². The molecule has 0 amide bonds. The molecule has 0 saturated carbocycles. The molecule has 0 aliphatic heterocycles. The highest BCUT2D eigenvalue weighted by Crippen LogP contribution is 2.36. The Labute approximate surface area is 153 Å². The molecule has 26 heavy (non-hydrogen) atoms. The maximum atomic E-state index is 2.27. The van der Waals surface area contributed by atoms with Crippen LogP contribution < -0.4 is 0 Å². The first kappa shape index (κ1) is 14.9. The van der Waals surface area contributed by atoms with Gasteiger partial charge in [0.15, 0.2) is 0 Å². The molecule has 5 rings (SSSR count). The van der Waals surface area contributed by atoms with Gasteiger partial charge < -0.3 is 0 Å². The van der Waals surface area contributed by atoms with Crippen LogP contribution in [0, 0.1) is 0 Å². The smallest absolute Gasteiger partial charge is 0.0105 e. The summed E-state index contributed by atoms with van der Waals surface area (Å²) in [6.07, 6.45) is 0. The zero-order valence-electron chi connectivity index (χ0n) is 14.4. The lowest BCUT2D eigenvalue weighted by molar-refractivity contribution is 1.67. The van der Waals surface area contributed by atoms with Crippen LogP contribution >= 0.6 is 0 Å². The zero-order valence-corrected chi connectivity index (χ0v) is 14.4. The highest BCUT2D eigenvalue weighted by Gasteiger charge is 2.10. The van der Waals surface area contributed by atoms with E-state index in [0.29, 0.717) is 0 Å². The minimum absolute atomic E-state index is 1.24. The number of benzene rings is 3. The van der Waals surface area contributed by atoms with Gasteiger partial charge in [0, 0.05) is 0 Å². The quantitative estimate of drug-likeness (QED) is 0.319. The Hall–Kier alpha value is -3.38. The van der Waals surface area contributed by atoms with Gasteiger partial charge in [0.2, 0.25) is 0 Å². The summed E-state index contributed by atoms with van der Waals surface area (Å²) in [6.45, 7) is 0. The molecule has 0 fully saturated rings. The fraction of sp³-hybridized carbons (Fsp3) is 0. The fourth-order valence-electron chi connectivity index (χ4n) is 3.68. The number of hydrogen-bond donors (Lipinski definition) is 0. The second-order valence-corrected chi connectivity index (χ2v) is 6.67. The van der Waals surface area contributed by atoms with E-state index in [4.69, 9.17) is 0 Å². The lowest BCUT2D eigenvalue weighted by Gasteiger charge is -2.02. The first-order valence-corrected chi connectivity index (χ1v) is 8.96. The summed E-state index contributed by atoms with van der Waals surface area (Å²) in [7, 11) is 0. The Morgan fingerprint density at radius 3 is 1.65 bits per heavy atom. The first-order chi connectivity index (χ1) is 12.9. The topological polar surface area (TPSA) is 0 Å². The molecule has 0 aromatic heterocycles. The van der Waals surface area contributed by atoms with Crippen molar-refractivity contribution >= 4 is 10.8 Å². The third-order valence-corrected chi connectivity index (χ3v) is 5.07. The van der Waals surface area contributed by atoms with Gasteiger partial charge in [-0.1, -0.05) is 103 Å². The molecule has 0 heteroatoms. The Morgan fingerprint density at radius 2 is 0.846 bits per heavy atom. The van der Waals surface area contributed by atoms with Crippen molar-refractivity contribution in [2.75, 3.05) is 0 Å². The van der Waals surface area contributed by atoms with Crippen LogP contribution in [0.25, 0.3) is 44.2 Å². The lowest BCUT2D eigenvalue weighted by Crippen LogP contribution is -1.77. The SMILES string of the molecule is c1ccc(-c2ccc3ccc(-c4ccc5ccccc5c4)ccc2-3)cc1. The molecular formula is C26H18. The summed E-state index contributed by atoms with van der Waals surface area (Å²) < 4.78 is 0. The second-order valence-electron chi connectivity index (χ2n) is 6.67. The Morgan fingerprint density at radius 1 is 0.308 bits per heavy atom. The summed E-state index contributed by atoms with van der Waals surface area (Å²) in [5.74, 6) is 0. The Bertz CT molecular complexity index is 1170. The van der Waals surface area contributed by atoms with E-state index in [1.165, 1.54) is 44.2 Å². The molecule has 0 unspecified atom stereocenters. The minimum Gasteiger partial charge on any atom is -0.0622 e. The minimum atomic E-state index is 1.24. The van der Waals surface area contributed by atoms with Gasteiger partial charge in [-0.2, -0.15) is 0 Å². The van der Waals surface area contributed by atoms with Crippen LogP contribution in [0.15, 0.2) is 109 Å². The van der Waals surface area contributed by atoms with Crippen LogP contribution in [-0.4, -0.2) is 0 Å². The molecule has 0 N–H and O–H groups in total. The molecule has 2 aliphatic rings. The molecule has 122 valence electrons. The molecule has 3 aromatic carbocycles. The van der Waals surface area contributed by atoms with E-state index in [1.807, 2.05) is 0 Å². The molecular weight excluding hydrogens is 312 g/mol. The highest BCUT2D eigenvalue weighted by molar-refractivity contribution is 5.89. The van der Waals surface area contributed by atoms with Crippen molar-refractivity contribution in [2.45, 2.75) is 0 Å². The van der Waals surface area contributed by atoms with Gasteiger partial charge in [-0.25, -0.2) is 0 Å². The Balaban J connectivity index is 1.64. The van der Waals surface area contributed by atoms with Gasteiger partial charge >= 0.3 is 0 Å². The number of rotatable bonds is 2. The van der Waals surface area contributed by atoms with Crippen molar-refractivity contribution in [2.24, 2.45) is 0 Å². The van der Waals surface area contributed by atoms with E-state index >= 15 is 0 Å². The van der Waals surface area contributed by atoms with Crippen LogP contribution in [0.4, 0.5) is 0 Å². The lowest BCUT2D eigenvalue weighted by atomic mass is 10.0. The van der Waals surface area contributed by atoms with E-state index in [0.717, 1.165) is 0 Å². The summed E-state index contributed by atoms with van der Waals surface area (Å²) in [6, 6.07) is 39.2. The van der Waals surface area contributed by atoms with Crippen molar-refractivity contribution in [1.82, 2.24) is 0 Å². The number of fused-ring (bicyclic) bond motifs is 2. The standard InChI is InChI=1S/C26H18/c1-2-7-21(8-3-1)25-17-15-22-12-10-20(14-16-26(22)25)24-13-11-19-6-4-5-9-23(19)18-24/h1-18H. The van der Waals surface area contributed by atoms with E-state index in [1.54, 1.807) is 0 Å². The maximum absolute atomic E-state index is 2.27. The molecule has 0 nitrogen and oxygen atoms in total. The van der Waals surface area contributed by atoms with E-state index in [9.17, 15) is 0 Å². The van der Waals surface area contributed by atoms with Gasteiger partial charge in [-0.3, -0.25) is 0 Å². The summed E-state index contributed by atoms with van der Waals surface area (Å²) in [4.78, 5) is 0. The Kier molecular flexibility index (Phi) is 3.54. The van der Waals surface area contributed by atoms with Crippen LogP contribution in [-0.2, 0) is 0 Å². The largest absolute Gasteiger partial charge is 0.0622 e. The molecule has 0 atom stereocenters. The highest BCUT2D eigenvalue weighted by atomic mass is 14.1. The van der Waals surface area contributed by atoms with Crippen molar-refractivity contribution in [3.05, 3.63) is 109 Å². The third kappa shape index (κ3) is 2.57. The molecule has 0 saturated heterocycles. The third-order valence-electron chi connectivity index (χ3n) is 5.07. The second kappa shape index (κ2) is 6.16. The summed E-state index contributed by atoms with van der Waals surface area (Å²) >= 11 is 0. The molecule has 0 heterocycles. The van der Waals surface area contributed by atoms with Gasteiger partial charge in [0.05, 0.1) is 0 Å². The molecule has 0 radical (unpaired) electrons. The van der Waals surface area contributed by atoms with Crippen LogP contribution in [0.2, 0.25) is 0 Å². The van der Waals surface area contributed by atoms with Crippen LogP contribution in [0.1, 0.15) is 0 Å². The predicted molar refractivity (Wildman–Crippen MR) is 111 cm³/mol. The zero-order chi connectivity index (χ0) is 17.3. The van der Waals surface area contributed by atoms with Crippen LogP contribution in [0.3, 0.4) is 0 Å². The van der Waals surface area contributed by atoms with Crippen molar-refractivity contribution in [3.63, 3.8) is 0 Å². The van der Waals surface area contributed by atoms with E-state index in [2.05, 4.69) is 109 Å². The van der Waals surface area contributed by atoms with E-state index < -0.39 is 0 Å². The monoisotopic (exact) mass is 330 g/mol. The van der Waals surface area contributed by atoms with Gasteiger partial charge in [-0.15, -0.1) is 0 Å². The molecule has 0 spiro atoms. The molecule has 3 aromatic rings. The summed E-state index contributed by atoms with van der Waals surface area (Å²) in [5, 5.41) is 2.56. The maximum Gasteiger partial charge on any atom is -0.0105 e. The van der Waals surface area contributed by atoms with Gasteiger partial charge in [0.25, 0.3) is 0 Å². The summed E-state index contributed by atoms with van der Waals surface area (Å²) in [5.41, 5.74) is 7.62. The fourth-order valence-corrected chi connectivity index (χ4v) is 3.68. The molecule has 2 aliphatic carbocycles.